The molecule has 0 radical (unpaired) electrons. The molecule has 32 heavy (non-hydrogen) atoms. The smallest absolute Gasteiger partial charge is 0.323 e. The van der Waals surface area contributed by atoms with Gasteiger partial charge in [-0.2, -0.15) is 0 Å². The van der Waals surface area contributed by atoms with Crippen LogP contribution in [-0.4, -0.2) is 30.9 Å². The summed E-state index contributed by atoms with van der Waals surface area (Å²) in [6.07, 6.45) is 0. The second kappa shape index (κ2) is 10.8. The molecular weight excluding hydrogens is 404 g/mol. The van der Waals surface area contributed by atoms with Gasteiger partial charge in [0.15, 0.2) is 0 Å². The average molecular weight is 431 g/mol. The van der Waals surface area contributed by atoms with Crippen molar-refractivity contribution in [1.82, 2.24) is 10.6 Å². The number of urea groups is 1. The Bertz CT molecular complexity index is 1080. The third kappa shape index (κ3) is 6.70. The summed E-state index contributed by atoms with van der Waals surface area (Å²) in [5.74, 6) is -0.445. The van der Waals surface area contributed by atoms with E-state index >= 15 is 0 Å². The number of hydrogen-bond acceptors (Lipinski definition) is 3. The monoisotopic (exact) mass is 430 g/mol. The summed E-state index contributed by atoms with van der Waals surface area (Å²) in [6, 6.07) is 20.9. The maximum atomic E-state index is 12.3. The van der Waals surface area contributed by atoms with Crippen LogP contribution < -0.4 is 21.3 Å². The van der Waals surface area contributed by atoms with E-state index in [2.05, 4.69) is 21.3 Å². The van der Waals surface area contributed by atoms with Gasteiger partial charge in [0, 0.05) is 35.6 Å². The molecule has 4 amide bonds. The molecule has 0 aliphatic carbocycles. The van der Waals surface area contributed by atoms with Gasteiger partial charge in [0.2, 0.25) is 0 Å². The minimum Gasteiger partial charge on any atom is -0.350 e. The van der Waals surface area contributed by atoms with Gasteiger partial charge in [0.1, 0.15) is 0 Å². The molecule has 0 fully saturated rings. The van der Waals surface area contributed by atoms with Gasteiger partial charge in [-0.3, -0.25) is 9.59 Å². The molecule has 0 bridgehead atoms. The second-order valence-corrected chi connectivity index (χ2v) is 7.41. The molecule has 164 valence electrons. The normalized spacial score (nSPS) is 10.2. The van der Waals surface area contributed by atoms with Crippen molar-refractivity contribution in [2.75, 3.05) is 23.7 Å². The number of anilines is 2. The zero-order chi connectivity index (χ0) is 22.9. The highest BCUT2D eigenvalue weighted by Gasteiger charge is 2.08. The van der Waals surface area contributed by atoms with E-state index in [4.69, 9.17) is 0 Å². The molecule has 3 aromatic rings. The Kier molecular flexibility index (Phi) is 7.59. The second-order valence-electron chi connectivity index (χ2n) is 7.41. The largest absolute Gasteiger partial charge is 0.350 e. The van der Waals surface area contributed by atoms with Gasteiger partial charge in [-0.25, -0.2) is 4.79 Å². The zero-order valence-corrected chi connectivity index (χ0v) is 18.1. The standard InChI is InChI=1S/C25H26N4O3/c1-17-14-18(2)16-22(15-17)29-25(32)28-21-10-8-20(9-11-21)24(31)27-13-12-26-23(30)19-6-4-3-5-7-19/h3-11,14-16H,12-13H2,1-2H3,(H,26,30)(H,27,31)(H2,28,29,32). The Morgan fingerprint density at radius 2 is 1.12 bits per heavy atom. The van der Waals surface area contributed by atoms with Crippen LogP contribution in [0.15, 0.2) is 72.8 Å². The van der Waals surface area contributed by atoms with Gasteiger partial charge < -0.3 is 21.3 Å². The van der Waals surface area contributed by atoms with E-state index in [0.29, 0.717) is 29.9 Å². The number of rotatable bonds is 7. The van der Waals surface area contributed by atoms with Crippen molar-refractivity contribution < 1.29 is 14.4 Å². The van der Waals surface area contributed by atoms with Gasteiger partial charge in [-0.1, -0.05) is 24.3 Å². The molecule has 3 rings (SSSR count). The summed E-state index contributed by atoms with van der Waals surface area (Å²) in [5, 5.41) is 11.1. The van der Waals surface area contributed by atoms with Crippen molar-refractivity contribution in [1.29, 1.82) is 0 Å². The fourth-order valence-corrected chi connectivity index (χ4v) is 3.19. The number of carbonyl (C=O) groups is 3. The van der Waals surface area contributed by atoms with Gasteiger partial charge in [-0.05, 0) is 73.5 Å². The van der Waals surface area contributed by atoms with Gasteiger partial charge in [0.25, 0.3) is 11.8 Å². The molecule has 0 saturated heterocycles. The van der Waals surface area contributed by atoms with E-state index in [1.54, 1.807) is 48.5 Å². The van der Waals surface area contributed by atoms with Crippen molar-refractivity contribution in [3.8, 4) is 0 Å². The SMILES string of the molecule is Cc1cc(C)cc(NC(=O)Nc2ccc(C(=O)NCCNC(=O)c3ccccc3)cc2)c1. The molecule has 0 atom stereocenters. The van der Waals surface area contributed by atoms with E-state index in [0.717, 1.165) is 16.8 Å². The third-order valence-electron chi connectivity index (χ3n) is 4.62. The number of hydrogen-bond donors (Lipinski definition) is 4. The first-order chi connectivity index (χ1) is 15.4. The highest BCUT2D eigenvalue weighted by molar-refractivity contribution is 6.00. The molecule has 0 aliphatic heterocycles. The highest BCUT2D eigenvalue weighted by atomic mass is 16.2. The molecule has 0 spiro atoms. The molecule has 0 aromatic heterocycles. The molecule has 7 heteroatoms. The Labute approximate surface area is 187 Å². The molecule has 0 heterocycles. The number of nitrogens with one attached hydrogen (secondary N) is 4. The molecule has 7 nitrogen and oxygen atoms in total. The summed E-state index contributed by atoms with van der Waals surface area (Å²) < 4.78 is 0. The van der Waals surface area contributed by atoms with Crippen molar-refractivity contribution in [2.45, 2.75) is 13.8 Å². The Hall–Kier alpha value is -4.13. The Morgan fingerprint density at radius 3 is 1.69 bits per heavy atom. The minimum absolute atomic E-state index is 0.186. The summed E-state index contributed by atoms with van der Waals surface area (Å²) >= 11 is 0. The summed E-state index contributed by atoms with van der Waals surface area (Å²) in [5.41, 5.74) is 4.45. The first-order valence-corrected chi connectivity index (χ1v) is 10.3. The van der Waals surface area contributed by atoms with Crippen molar-refractivity contribution in [2.24, 2.45) is 0 Å². The Balaban J connectivity index is 1.43. The molecule has 4 N–H and O–H groups in total. The number of benzene rings is 3. The van der Waals surface area contributed by atoms with E-state index in [9.17, 15) is 14.4 Å². The topological polar surface area (TPSA) is 99.3 Å². The third-order valence-corrected chi connectivity index (χ3v) is 4.62. The van der Waals surface area contributed by atoms with Crippen molar-refractivity contribution in [3.63, 3.8) is 0 Å². The fraction of sp³-hybridized carbons (Fsp3) is 0.160. The maximum Gasteiger partial charge on any atom is 0.323 e. The fourth-order valence-electron chi connectivity index (χ4n) is 3.19. The van der Waals surface area contributed by atoms with Crippen LogP contribution >= 0.6 is 0 Å². The summed E-state index contributed by atoms with van der Waals surface area (Å²) in [4.78, 5) is 36.5. The van der Waals surface area contributed by atoms with E-state index in [1.807, 2.05) is 38.1 Å². The Morgan fingerprint density at radius 1 is 0.625 bits per heavy atom. The van der Waals surface area contributed by atoms with Gasteiger partial charge in [0.05, 0.1) is 0 Å². The molecule has 0 aliphatic rings. The number of aryl methyl sites for hydroxylation is 2. The predicted molar refractivity (Wildman–Crippen MR) is 126 cm³/mol. The van der Waals surface area contributed by atoms with Crippen LogP contribution in [0.1, 0.15) is 31.8 Å². The molecule has 0 unspecified atom stereocenters. The van der Waals surface area contributed by atoms with E-state index in [-0.39, 0.29) is 17.8 Å². The summed E-state index contributed by atoms with van der Waals surface area (Å²) in [7, 11) is 0. The maximum absolute atomic E-state index is 12.3. The highest BCUT2D eigenvalue weighted by Crippen LogP contribution is 2.15. The molecule has 0 saturated carbocycles. The average Bonchev–Trinajstić information content (AvgIpc) is 2.76. The lowest BCUT2D eigenvalue weighted by atomic mass is 10.1. The van der Waals surface area contributed by atoms with Gasteiger partial charge >= 0.3 is 6.03 Å². The number of carbonyl (C=O) groups excluding carboxylic acids is 3. The van der Waals surface area contributed by atoms with Crippen LogP contribution in [0, 0.1) is 13.8 Å². The van der Waals surface area contributed by atoms with Crippen LogP contribution in [-0.2, 0) is 0 Å². The minimum atomic E-state index is -0.360. The van der Waals surface area contributed by atoms with Crippen molar-refractivity contribution in [3.05, 3.63) is 95.1 Å². The summed E-state index contributed by atoms with van der Waals surface area (Å²) in [6.45, 7) is 4.56. The van der Waals surface area contributed by atoms with Gasteiger partial charge in [-0.15, -0.1) is 0 Å². The predicted octanol–water partition coefficient (Wildman–Crippen LogP) is 4.11. The number of amides is 4. The van der Waals surface area contributed by atoms with Crippen molar-refractivity contribution >= 4 is 29.2 Å². The first kappa shape index (κ1) is 22.6. The van der Waals surface area contributed by atoms with Crippen LogP contribution in [0.2, 0.25) is 0 Å². The lowest BCUT2D eigenvalue weighted by Crippen LogP contribution is -2.34. The lowest BCUT2D eigenvalue weighted by Gasteiger charge is -2.10. The van der Waals surface area contributed by atoms with E-state index in [1.165, 1.54) is 0 Å². The zero-order valence-electron chi connectivity index (χ0n) is 18.1. The quantitative estimate of drug-likeness (QED) is 0.425. The lowest BCUT2D eigenvalue weighted by molar-refractivity contribution is 0.0927. The first-order valence-electron chi connectivity index (χ1n) is 10.3. The molecule has 3 aromatic carbocycles. The van der Waals surface area contributed by atoms with E-state index < -0.39 is 0 Å². The van der Waals surface area contributed by atoms with Crippen LogP contribution in [0.3, 0.4) is 0 Å². The van der Waals surface area contributed by atoms with Crippen LogP contribution in [0.5, 0.6) is 0 Å². The van der Waals surface area contributed by atoms with Crippen LogP contribution in [0.25, 0.3) is 0 Å². The molecular formula is C25H26N4O3. The van der Waals surface area contributed by atoms with Crippen LogP contribution in [0.4, 0.5) is 16.2 Å².